The number of ketones is 1. The van der Waals surface area contributed by atoms with Crippen molar-refractivity contribution in [3.05, 3.63) is 33.8 Å². The van der Waals surface area contributed by atoms with Crippen molar-refractivity contribution in [1.29, 1.82) is 0 Å². The number of hydrogen-bond acceptors (Lipinski definition) is 2. The second-order valence-corrected chi connectivity index (χ2v) is 3.78. The molecule has 0 aromatic heterocycles. The van der Waals surface area contributed by atoms with Gasteiger partial charge in [0.25, 0.3) is 5.78 Å². The van der Waals surface area contributed by atoms with E-state index in [0.29, 0.717) is 6.07 Å². The van der Waals surface area contributed by atoms with Gasteiger partial charge >= 0.3 is 12.1 Å². The number of alkyl halides is 3. The maximum absolute atomic E-state index is 12.3. The minimum atomic E-state index is -4.63. The number of carbonyl (C=O) groups excluding carboxylic acids is 1. The lowest BCUT2D eigenvalue weighted by molar-refractivity contribution is -0.138. The summed E-state index contributed by atoms with van der Waals surface area (Å²) in [5.74, 6) is -3.18. The zero-order valence-corrected chi connectivity index (χ0v) is 9.09. The van der Waals surface area contributed by atoms with E-state index >= 15 is 0 Å². The molecule has 0 bridgehead atoms. The highest BCUT2D eigenvalue weighted by Crippen LogP contribution is 2.32. The highest BCUT2D eigenvalue weighted by Gasteiger charge is 2.32. The van der Waals surface area contributed by atoms with Gasteiger partial charge in [-0.1, -0.05) is 15.9 Å². The van der Waals surface area contributed by atoms with Crippen LogP contribution in [0, 0.1) is 0 Å². The van der Waals surface area contributed by atoms with Crippen molar-refractivity contribution in [3.8, 4) is 0 Å². The number of hydrogen-bond donors (Lipinski definition) is 1. The van der Waals surface area contributed by atoms with Crippen LogP contribution in [0.25, 0.3) is 0 Å². The monoisotopic (exact) mass is 296 g/mol. The van der Waals surface area contributed by atoms with Gasteiger partial charge in [-0.25, -0.2) is 4.79 Å². The molecule has 0 atom stereocenters. The molecule has 1 aromatic rings. The molecule has 1 aromatic carbocycles. The minimum absolute atomic E-state index is 0.00748. The molecule has 0 aliphatic heterocycles. The fourth-order valence-corrected chi connectivity index (χ4v) is 1.50. The Balaban J connectivity index is 3.29. The minimum Gasteiger partial charge on any atom is -0.475 e. The first-order chi connectivity index (χ1) is 7.21. The summed E-state index contributed by atoms with van der Waals surface area (Å²) in [6.45, 7) is 0. The summed E-state index contributed by atoms with van der Waals surface area (Å²) < 4.78 is 37.0. The summed E-state index contributed by atoms with van der Waals surface area (Å²) in [7, 11) is 0. The number of benzene rings is 1. The van der Waals surface area contributed by atoms with Crippen LogP contribution >= 0.6 is 15.9 Å². The van der Waals surface area contributed by atoms with Gasteiger partial charge in [0.2, 0.25) is 0 Å². The lowest BCUT2D eigenvalue weighted by atomic mass is 10.1. The van der Waals surface area contributed by atoms with Gasteiger partial charge in [-0.05, 0) is 18.2 Å². The molecule has 0 unspecified atom stereocenters. The molecule has 7 heteroatoms. The van der Waals surface area contributed by atoms with Gasteiger partial charge in [0.15, 0.2) is 0 Å². The molecular weight excluding hydrogens is 293 g/mol. The molecule has 0 fully saturated rings. The van der Waals surface area contributed by atoms with Gasteiger partial charge in [-0.2, -0.15) is 13.2 Å². The van der Waals surface area contributed by atoms with Gasteiger partial charge in [-0.15, -0.1) is 0 Å². The first-order valence-electron chi connectivity index (χ1n) is 3.87. The molecule has 1 rings (SSSR count). The number of aliphatic carboxylic acids is 1. The smallest absolute Gasteiger partial charge is 0.416 e. The highest BCUT2D eigenvalue weighted by molar-refractivity contribution is 9.10. The van der Waals surface area contributed by atoms with Crippen molar-refractivity contribution in [2.45, 2.75) is 6.18 Å². The largest absolute Gasteiger partial charge is 0.475 e. The summed E-state index contributed by atoms with van der Waals surface area (Å²) in [4.78, 5) is 21.3. The predicted molar refractivity (Wildman–Crippen MR) is 51.1 cm³/mol. The zero-order valence-electron chi connectivity index (χ0n) is 7.51. The topological polar surface area (TPSA) is 54.4 Å². The van der Waals surface area contributed by atoms with Crippen molar-refractivity contribution in [1.82, 2.24) is 0 Å². The summed E-state index contributed by atoms with van der Waals surface area (Å²) in [5, 5.41) is 8.37. The molecule has 0 aliphatic carbocycles. The molecule has 1 N–H and O–H groups in total. The van der Waals surface area contributed by atoms with Crippen LogP contribution in [0.1, 0.15) is 15.9 Å². The Morgan fingerprint density at radius 2 is 1.75 bits per heavy atom. The quantitative estimate of drug-likeness (QED) is 0.674. The van der Waals surface area contributed by atoms with Gasteiger partial charge < -0.3 is 5.11 Å². The van der Waals surface area contributed by atoms with E-state index in [2.05, 4.69) is 15.9 Å². The van der Waals surface area contributed by atoms with Crippen molar-refractivity contribution >= 4 is 27.7 Å². The van der Waals surface area contributed by atoms with Crippen molar-refractivity contribution < 1.29 is 27.9 Å². The molecule has 3 nitrogen and oxygen atoms in total. The Bertz CT molecular complexity index is 454. The Morgan fingerprint density at radius 3 is 2.19 bits per heavy atom. The number of carbonyl (C=O) groups is 2. The van der Waals surface area contributed by atoms with E-state index in [1.807, 2.05) is 0 Å². The Kier molecular flexibility index (Phi) is 3.37. The molecular formula is C9H4BrF3O3. The van der Waals surface area contributed by atoms with Crippen LogP contribution < -0.4 is 0 Å². The Labute approximate surface area is 96.0 Å². The normalized spacial score (nSPS) is 11.2. The maximum Gasteiger partial charge on any atom is 0.416 e. The van der Waals surface area contributed by atoms with Crippen LogP contribution in [-0.4, -0.2) is 16.9 Å². The van der Waals surface area contributed by atoms with E-state index in [1.165, 1.54) is 0 Å². The third-order valence-corrected chi connectivity index (χ3v) is 2.14. The predicted octanol–water partition coefficient (Wildman–Crippen LogP) is 2.74. The van der Waals surface area contributed by atoms with Crippen molar-refractivity contribution in [3.63, 3.8) is 0 Å². The van der Waals surface area contributed by atoms with E-state index in [-0.39, 0.29) is 4.47 Å². The Hall–Kier alpha value is -1.37. The lowest BCUT2D eigenvalue weighted by Crippen LogP contribution is -2.14. The SMILES string of the molecule is O=C(O)C(=O)c1cc(Br)cc(C(F)(F)F)c1. The first kappa shape index (κ1) is 12.7. The Morgan fingerprint density at radius 1 is 1.19 bits per heavy atom. The molecule has 0 spiro atoms. The molecule has 0 amide bonds. The summed E-state index contributed by atoms with van der Waals surface area (Å²) >= 11 is 2.78. The third-order valence-electron chi connectivity index (χ3n) is 1.68. The summed E-state index contributed by atoms with van der Waals surface area (Å²) in [6.07, 6.45) is -4.63. The van der Waals surface area contributed by atoms with Crippen molar-refractivity contribution in [2.75, 3.05) is 0 Å². The fourth-order valence-electron chi connectivity index (χ4n) is 1.01. The molecule has 0 aliphatic rings. The van der Waals surface area contributed by atoms with E-state index < -0.39 is 29.1 Å². The van der Waals surface area contributed by atoms with Crippen LogP contribution in [0.3, 0.4) is 0 Å². The number of rotatable bonds is 2. The number of carboxylic acid groups (broad SMARTS) is 1. The van der Waals surface area contributed by atoms with Crippen LogP contribution in [0.15, 0.2) is 22.7 Å². The van der Waals surface area contributed by atoms with Crippen LogP contribution in [0.4, 0.5) is 13.2 Å². The standard InChI is InChI=1S/C9H4BrF3O3/c10-6-2-4(7(14)8(15)16)1-5(3-6)9(11,12)13/h1-3H,(H,15,16). The highest BCUT2D eigenvalue weighted by atomic mass is 79.9. The number of carboxylic acids is 1. The molecule has 0 radical (unpaired) electrons. The summed E-state index contributed by atoms with van der Waals surface area (Å²) in [5.41, 5.74) is -1.60. The second kappa shape index (κ2) is 4.25. The van der Waals surface area contributed by atoms with Gasteiger partial charge in [-0.3, -0.25) is 4.79 Å². The van der Waals surface area contributed by atoms with Crippen LogP contribution in [0.2, 0.25) is 0 Å². The fraction of sp³-hybridized carbons (Fsp3) is 0.111. The van der Waals surface area contributed by atoms with Gasteiger partial charge in [0, 0.05) is 10.0 Å². The third kappa shape index (κ3) is 2.82. The maximum atomic E-state index is 12.3. The van der Waals surface area contributed by atoms with Gasteiger partial charge in [0.1, 0.15) is 0 Å². The van der Waals surface area contributed by atoms with Crippen molar-refractivity contribution in [2.24, 2.45) is 0 Å². The molecule has 0 saturated heterocycles. The number of Topliss-reactive ketones (excluding diaryl/α,β-unsaturated/α-hetero) is 1. The molecule has 0 heterocycles. The van der Waals surface area contributed by atoms with E-state index in [1.54, 1.807) is 0 Å². The second-order valence-electron chi connectivity index (χ2n) is 2.86. The van der Waals surface area contributed by atoms with Crippen LogP contribution in [-0.2, 0) is 11.0 Å². The molecule has 86 valence electrons. The first-order valence-corrected chi connectivity index (χ1v) is 4.66. The molecule has 16 heavy (non-hydrogen) atoms. The zero-order chi connectivity index (χ0) is 12.5. The average molecular weight is 297 g/mol. The van der Waals surface area contributed by atoms with E-state index in [9.17, 15) is 22.8 Å². The number of halogens is 4. The average Bonchev–Trinajstić information content (AvgIpc) is 2.14. The van der Waals surface area contributed by atoms with E-state index in [4.69, 9.17) is 5.11 Å². The van der Waals surface area contributed by atoms with Crippen LogP contribution in [0.5, 0.6) is 0 Å². The van der Waals surface area contributed by atoms with Gasteiger partial charge in [0.05, 0.1) is 5.56 Å². The lowest BCUT2D eigenvalue weighted by Gasteiger charge is -2.08. The summed E-state index contributed by atoms with van der Waals surface area (Å²) in [6, 6.07) is 2.28. The molecule has 0 saturated carbocycles. The van der Waals surface area contributed by atoms with E-state index in [0.717, 1.165) is 12.1 Å².